The maximum Gasteiger partial charge on any atom is 0.223 e. The fourth-order valence-electron chi connectivity index (χ4n) is 1.49. The summed E-state index contributed by atoms with van der Waals surface area (Å²) in [6, 6.07) is 0.251. The Balaban J connectivity index is 3.99. The van der Waals surface area contributed by atoms with E-state index in [1.165, 1.54) is 0 Å². The summed E-state index contributed by atoms with van der Waals surface area (Å²) in [5.74, 6) is 0.966. The van der Waals surface area contributed by atoms with Gasteiger partial charge in [-0.1, -0.05) is 20.8 Å². The van der Waals surface area contributed by atoms with E-state index in [-0.39, 0.29) is 17.9 Å². The number of alkyl halides is 1. The summed E-state index contributed by atoms with van der Waals surface area (Å²) in [5, 5.41) is 3.05. The summed E-state index contributed by atoms with van der Waals surface area (Å²) in [4.78, 5) is 11.7. The Labute approximate surface area is 92.4 Å². The molecule has 3 heteroatoms. The molecule has 0 aromatic heterocycles. The smallest absolute Gasteiger partial charge is 0.223 e. The van der Waals surface area contributed by atoms with Crippen LogP contribution in [0.2, 0.25) is 0 Å². The number of amides is 1. The van der Waals surface area contributed by atoms with Gasteiger partial charge in [0.05, 0.1) is 0 Å². The van der Waals surface area contributed by atoms with Gasteiger partial charge in [-0.15, -0.1) is 11.6 Å². The fraction of sp³-hybridized carbons (Fsp3) is 0.909. The number of rotatable bonds is 7. The molecule has 0 aromatic carbocycles. The highest BCUT2D eigenvalue weighted by atomic mass is 35.5. The minimum Gasteiger partial charge on any atom is -0.353 e. The first kappa shape index (κ1) is 13.8. The average molecular weight is 220 g/mol. The molecule has 0 spiro atoms. The standard InChI is InChI=1S/C11H22ClNO/c1-4-9(5-2)11(14)13-10(6-3)7-8-12/h9-10H,4-8H2,1-3H3,(H,13,14). The second-order valence-corrected chi connectivity index (χ2v) is 3.98. The summed E-state index contributed by atoms with van der Waals surface area (Å²) in [5.41, 5.74) is 0. The third kappa shape index (κ3) is 4.85. The van der Waals surface area contributed by atoms with Crippen LogP contribution >= 0.6 is 11.6 Å². The molecule has 0 radical (unpaired) electrons. The molecule has 0 aliphatic heterocycles. The van der Waals surface area contributed by atoms with Crippen LogP contribution in [-0.4, -0.2) is 17.8 Å². The Morgan fingerprint density at radius 1 is 1.21 bits per heavy atom. The van der Waals surface area contributed by atoms with Crippen LogP contribution in [0, 0.1) is 5.92 Å². The van der Waals surface area contributed by atoms with E-state index >= 15 is 0 Å². The number of carbonyl (C=O) groups is 1. The van der Waals surface area contributed by atoms with E-state index in [1.54, 1.807) is 0 Å². The molecule has 0 aliphatic rings. The van der Waals surface area contributed by atoms with E-state index < -0.39 is 0 Å². The van der Waals surface area contributed by atoms with Gasteiger partial charge in [-0.05, 0) is 25.7 Å². The lowest BCUT2D eigenvalue weighted by atomic mass is 10.0. The summed E-state index contributed by atoms with van der Waals surface area (Å²) < 4.78 is 0. The van der Waals surface area contributed by atoms with Crippen molar-refractivity contribution < 1.29 is 4.79 Å². The highest BCUT2D eigenvalue weighted by Crippen LogP contribution is 2.09. The summed E-state index contributed by atoms with van der Waals surface area (Å²) in [6.45, 7) is 6.18. The Morgan fingerprint density at radius 3 is 2.14 bits per heavy atom. The van der Waals surface area contributed by atoms with Crippen LogP contribution in [0.4, 0.5) is 0 Å². The third-order valence-corrected chi connectivity index (χ3v) is 2.87. The van der Waals surface area contributed by atoms with Gasteiger partial charge in [-0.25, -0.2) is 0 Å². The van der Waals surface area contributed by atoms with Crippen LogP contribution in [0.5, 0.6) is 0 Å². The zero-order chi connectivity index (χ0) is 11.0. The van der Waals surface area contributed by atoms with Crippen molar-refractivity contribution in [3.63, 3.8) is 0 Å². The highest BCUT2D eigenvalue weighted by Gasteiger charge is 2.16. The van der Waals surface area contributed by atoms with Crippen LogP contribution in [0.25, 0.3) is 0 Å². The zero-order valence-corrected chi connectivity index (χ0v) is 10.2. The van der Waals surface area contributed by atoms with E-state index in [9.17, 15) is 4.79 Å². The molecule has 2 nitrogen and oxygen atoms in total. The first-order valence-electron chi connectivity index (χ1n) is 5.55. The number of nitrogens with one attached hydrogen (secondary N) is 1. The van der Waals surface area contributed by atoms with Gasteiger partial charge < -0.3 is 5.32 Å². The maximum absolute atomic E-state index is 11.7. The quantitative estimate of drug-likeness (QED) is 0.656. The van der Waals surface area contributed by atoms with Crippen LogP contribution in [0.1, 0.15) is 46.5 Å². The number of hydrogen-bond donors (Lipinski definition) is 1. The van der Waals surface area contributed by atoms with Crippen molar-refractivity contribution >= 4 is 17.5 Å². The molecule has 1 unspecified atom stereocenters. The van der Waals surface area contributed by atoms with Crippen molar-refractivity contribution in [2.45, 2.75) is 52.5 Å². The molecule has 1 amide bonds. The first-order valence-corrected chi connectivity index (χ1v) is 6.09. The largest absolute Gasteiger partial charge is 0.353 e. The topological polar surface area (TPSA) is 29.1 Å². The van der Waals surface area contributed by atoms with Gasteiger partial charge in [-0.3, -0.25) is 4.79 Å². The van der Waals surface area contributed by atoms with Gasteiger partial charge in [0.15, 0.2) is 0 Å². The van der Waals surface area contributed by atoms with Crippen molar-refractivity contribution in [2.75, 3.05) is 5.88 Å². The van der Waals surface area contributed by atoms with Crippen LogP contribution < -0.4 is 5.32 Å². The number of halogens is 1. The van der Waals surface area contributed by atoms with Gasteiger partial charge in [-0.2, -0.15) is 0 Å². The highest BCUT2D eigenvalue weighted by molar-refractivity contribution is 6.17. The minimum absolute atomic E-state index is 0.166. The molecule has 0 fully saturated rings. The number of hydrogen-bond acceptors (Lipinski definition) is 1. The van der Waals surface area contributed by atoms with Crippen LogP contribution in [-0.2, 0) is 4.79 Å². The molecular formula is C11H22ClNO. The van der Waals surface area contributed by atoms with Crippen molar-refractivity contribution in [3.05, 3.63) is 0 Å². The van der Waals surface area contributed by atoms with E-state index in [2.05, 4.69) is 26.1 Å². The molecule has 1 N–H and O–H groups in total. The van der Waals surface area contributed by atoms with Gasteiger partial charge in [0, 0.05) is 17.8 Å². The molecular weight excluding hydrogens is 198 g/mol. The van der Waals surface area contributed by atoms with Crippen molar-refractivity contribution in [1.82, 2.24) is 5.32 Å². The molecule has 0 heterocycles. The van der Waals surface area contributed by atoms with Gasteiger partial charge in [0.2, 0.25) is 5.91 Å². The van der Waals surface area contributed by atoms with E-state index in [1.807, 2.05) is 0 Å². The normalized spacial score (nSPS) is 12.9. The lowest BCUT2D eigenvalue weighted by Gasteiger charge is -2.19. The maximum atomic E-state index is 11.7. The van der Waals surface area contributed by atoms with Crippen LogP contribution in [0.3, 0.4) is 0 Å². The monoisotopic (exact) mass is 219 g/mol. The molecule has 0 aliphatic carbocycles. The Morgan fingerprint density at radius 2 is 1.79 bits per heavy atom. The molecule has 0 bridgehead atoms. The van der Waals surface area contributed by atoms with Gasteiger partial charge in [0.1, 0.15) is 0 Å². The first-order chi connectivity index (χ1) is 6.69. The molecule has 1 atom stereocenters. The molecule has 0 saturated carbocycles. The lowest BCUT2D eigenvalue weighted by Crippen LogP contribution is -2.38. The SMILES string of the molecule is CCC(CCCl)NC(=O)C(CC)CC. The van der Waals surface area contributed by atoms with Crippen molar-refractivity contribution in [3.8, 4) is 0 Å². The zero-order valence-electron chi connectivity index (χ0n) is 9.48. The predicted molar refractivity (Wildman–Crippen MR) is 61.6 cm³/mol. The molecule has 14 heavy (non-hydrogen) atoms. The Kier molecular flexibility index (Phi) is 7.96. The number of carbonyl (C=O) groups excluding carboxylic acids is 1. The Bertz CT molecular complexity index is 157. The Hall–Kier alpha value is -0.240. The molecule has 0 saturated heterocycles. The van der Waals surface area contributed by atoms with Gasteiger partial charge >= 0.3 is 0 Å². The fourth-order valence-corrected chi connectivity index (χ4v) is 1.75. The second-order valence-electron chi connectivity index (χ2n) is 3.60. The van der Waals surface area contributed by atoms with Crippen molar-refractivity contribution in [1.29, 1.82) is 0 Å². The second kappa shape index (κ2) is 8.10. The average Bonchev–Trinajstić information content (AvgIpc) is 2.19. The van der Waals surface area contributed by atoms with Crippen LogP contribution in [0.15, 0.2) is 0 Å². The van der Waals surface area contributed by atoms with E-state index in [0.29, 0.717) is 5.88 Å². The summed E-state index contributed by atoms with van der Waals surface area (Å²) >= 11 is 5.65. The lowest BCUT2D eigenvalue weighted by molar-refractivity contribution is -0.125. The summed E-state index contributed by atoms with van der Waals surface area (Å²) in [6.07, 6.45) is 3.65. The molecule has 0 rings (SSSR count). The molecule has 0 aromatic rings. The van der Waals surface area contributed by atoms with E-state index in [0.717, 1.165) is 25.7 Å². The third-order valence-electron chi connectivity index (χ3n) is 2.65. The minimum atomic E-state index is 0.166. The predicted octanol–water partition coefficient (Wildman–Crippen LogP) is 2.95. The van der Waals surface area contributed by atoms with E-state index in [4.69, 9.17) is 11.6 Å². The van der Waals surface area contributed by atoms with Gasteiger partial charge in [0.25, 0.3) is 0 Å². The molecule has 84 valence electrons. The summed E-state index contributed by atoms with van der Waals surface area (Å²) in [7, 11) is 0. The van der Waals surface area contributed by atoms with Crippen molar-refractivity contribution in [2.24, 2.45) is 5.92 Å².